The van der Waals surface area contributed by atoms with Crippen LogP contribution in [0, 0.1) is 5.82 Å². The molecule has 0 saturated carbocycles. The molecule has 0 aliphatic carbocycles. The van der Waals surface area contributed by atoms with Crippen LogP contribution >= 0.6 is 0 Å². The van der Waals surface area contributed by atoms with Crippen LogP contribution in [0.25, 0.3) is 0 Å². The maximum atomic E-state index is 14.8. The number of fused-ring (bicyclic) bond motifs is 1. The van der Waals surface area contributed by atoms with Crippen molar-refractivity contribution in [2.24, 2.45) is 0 Å². The van der Waals surface area contributed by atoms with Crippen molar-refractivity contribution in [2.45, 2.75) is 18.3 Å². The molecule has 0 bridgehead atoms. The van der Waals surface area contributed by atoms with Crippen LogP contribution in [0.2, 0.25) is 0 Å². The van der Waals surface area contributed by atoms with Gasteiger partial charge in [-0.1, -0.05) is 6.07 Å². The zero-order chi connectivity index (χ0) is 26.8. The number of aromatic nitrogens is 1. The standard InChI is InChI=1S/C25H20F4N2O6/c1-34-20-12-14(23(33)35-2)5-7-16(20)22(32)31-24(9-11-36-19-4-3-10-30-21(19)24)15-6-8-18(17(26)13-15)37-25(27,28)29/h3-8,10,12-13H,9,11H2,1-2H3,(H,31,32). The highest BCUT2D eigenvalue weighted by atomic mass is 19.4. The minimum Gasteiger partial charge on any atom is -0.496 e. The lowest BCUT2D eigenvalue weighted by molar-refractivity contribution is -0.275. The molecule has 12 heteroatoms. The van der Waals surface area contributed by atoms with E-state index in [0.29, 0.717) is 5.75 Å². The van der Waals surface area contributed by atoms with E-state index in [1.54, 1.807) is 12.1 Å². The van der Waals surface area contributed by atoms with E-state index in [2.05, 4.69) is 19.8 Å². The number of benzene rings is 2. The minimum absolute atomic E-state index is 0.0380. The second-order valence-electron chi connectivity index (χ2n) is 7.91. The molecule has 8 nitrogen and oxygen atoms in total. The number of hydrogen-bond donors (Lipinski definition) is 1. The van der Waals surface area contributed by atoms with Crippen molar-refractivity contribution < 1.29 is 46.1 Å². The van der Waals surface area contributed by atoms with Gasteiger partial charge in [0.1, 0.15) is 22.7 Å². The van der Waals surface area contributed by atoms with E-state index in [9.17, 15) is 27.2 Å². The fourth-order valence-electron chi connectivity index (χ4n) is 4.09. The van der Waals surface area contributed by atoms with Crippen molar-refractivity contribution in [1.29, 1.82) is 0 Å². The molecule has 37 heavy (non-hydrogen) atoms. The van der Waals surface area contributed by atoms with Crippen LogP contribution in [0.3, 0.4) is 0 Å². The first kappa shape index (κ1) is 25.7. The molecule has 0 radical (unpaired) electrons. The predicted octanol–water partition coefficient (Wildman–Crippen LogP) is 4.37. The van der Waals surface area contributed by atoms with Gasteiger partial charge in [-0.3, -0.25) is 9.78 Å². The van der Waals surface area contributed by atoms with Gasteiger partial charge in [0, 0.05) is 12.6 Å². The molecule has 0 fully saturated rings. The predicted molar refractivity (Wildman–Crippen MR) is 120 cm³/mol. The molecule has 194 valence electrons. The largest absolute Gasteiger partial charge is 0.573 e. The fraction of sp³-hybridized carbons (Fsp3) is 0.240. The molecule has 1 unspecified atom stereocenters. The third kappa shape index (κ3) is 5.13. The number of esters is 1. The Balaban J connectivity index is 1.80. The first-order valence-corrected chi connectivity index (χ1v) is 10.8. The van der Waals surface area contributed by atoms with Crippen LogP contribution in [-0.2, 0) is 10.3 Å². The number of rotatable bonds is 6. The maximum absolute atomic E-state index is 14.8. The molecule has 1 N–H and O–H groups in total. The number of amides is 1. The minimum atomic E-state index is -5.09. The molecule has 1 atom stereocenters. The Kier molecular flexibility index (Phi) is 6.92. The Hall–Kier alpha value is -4.35. The quantitative estimate of drug-likeness (QED) is 0.381. The fourth-order valence-corrected chi connectivity index (χ4v) is 4.09. The topological polar surface area (TPSA) is 96.0 Å². The van der Waals surface area contributed by atoms with E-state index in [4.69, 9.17) is 9.47 Å². The molecule has 1 amide bonds. The van der Waals surface area contributed by atoms with Gasteiger partial charge < -0.3 is 24.3 Å². The van der Waals surface area contributed by atoms with Crippen LogP contribution < -0.4 is 19.5 Å². The number of alkyl halides is 3. The number of carbonyl (C=O) groups is 2. The number of hydrogen-bond acceptors (Lipinski definition) is 7. The Morgan fingerprint density at radius 2 is 1.86 bits per heavy atom. The van der Waals surface area contributed by atoms with Crippen molar-refractivity contribution in [2.75, 3.05) is 20.8 Å². The van der Waals surface area contributed by atoms with E-state index in [-0.39, 0.29) is 41.2 Å². The number of nitrogens with zero attached hydrogens (tertiary/aromatic N) is 1. The van der Waals surface area contributed by atoms with Crippen molar-refractivity contribution in [1.82, 2.24) is 10.3 Å². The summed E-state index contributed by atoms with van der Waals surface area (Å²) >= 11 is 0. The number of ether oxygens (including phenoxy) is 4. The average molecular weight is 520 g/mol. The van der Waals surface area contributed by atoms with Gasteiger partial charge in [0.05, 0.1) is 32.0 Å². The number of methoxy groups -OCH3 is 2. The second-order valence-corrected chi connectivity index (χ2v) is 7.91. The van der Waals surface area contributed by atoms with Gasteiger partial charge in [0.2, 0.25) is 0 Å². The van der Waals surface area contributed by atoms with Crippen LogP contribution in [0.15, 0.2) is 54.7 Å². The third-order valence-electron chi connectivity index (χ3n) is 5.75. The van der Waals surface area contributed by atoms with Crippen LogP contribution in [0.5, 0.6) is 17.2 Å². The van der Waals surface area contributed by atoms with Gasteiger partial charge in [-0.05, 0) is 48.0 Å². The summed E-state index contributed by atoms with van der Waals surface area (Å²) < 4.78 is 72.1. The van der Waals surface area contributed by atoms with E-state index >= 15 is 0 Å². The van der Waals surface area contributed by atoms with Crippen LogP contribution in [0.1, 0.15) is 38.4 Å². The first-order chi connectivity index (χ1) is 17.6. The molecule has 4 rings (SSSR count). The van der Waals surface area contributed by atoms with Gasteiger partial charge >= 0.3 is 12.3 Å². The summed E-state index contributed by atoms with van der Waals surface area (Å²) in [6.45, 7) is 0.0831. The van der Waals surface area contributed by atoms with Gasteiger partial charge in [0.15, 0.2) is 11.6 Å². The first-order valence-electron chi connectivity index (χ1n) is 10.8. The SMILES string of the molecule is COC(=O)c1ccc(C(=O)NC2(c3ccc(OC(F)(F)F)c(F)c3)CCOc3cccnc32)c(OC)c1. The smallest absolute Gasteiger partial charge is 0.496 e. The van der Waals surface area contributed by atoms with Crippen LogP contribution in [0.4, 0.5) is 17.6 Å². The highest BCUT2D eigenvalue weighted by Crippen LogP contribution is 2.42. The highest BCUT2D eigenvalue weighted by Gasteiger charge is 2.43. The molecule has 2 heterocycles. The summed E-state index contributed by atoms with van der Waals surface area (Å²) in [7, 11) is 2.52. The van der Waals surface area contributed by atoms with Crippen molar-refractivity contribution in [3.05, 3.63) is 82.9 Å². The van der Waals surface area contributed by atoms with Crippen LogP contribution in [-0.4, -0.2) is 44.0 Å². The molecule has 1 aromatic heterocycles. The van der Waals surface area contributed by atoms with Crippen molar-refractivity contribution in [3.63, 3.8) is 0 Å². The molecular weight excluding hydrogens is 500 g/mol. The lowest BCUT2D eigenvalue weighted by Gasteiger charge is -2.39. The summed E-state index contributed by atoms with van der Waals surface area (Å²) in [6.07, 6.45) is -3.57. The van der Waals surface area contributed by atoms with Crippen molar-refractivity contribution in [3.8, 4) is 17.2 Å². The summed E-state index contributed by atoms with van der Waals surface area (Å²) in [5.74, 6) is -3.26. The average Bonchev–Trinajstić information content (AvgIpc) is 2.88. The summed E-state index contributed by atoms with van der Waals surface area (Å²) in [5, 5.41) is 2.85. The van der Waals surface area contributed by atoms with Gasteiger partial charge in [-0.15, -0.1) is 13.2 Å². The monoisotopic (exact) mass is 520 g/mol. The van der Waals surface area contributed by atoms with Crippen molar-refractivity contribution >= 4 is 11.9 Å². The number of halogens is 4. The molecule has 1 aliphatic rings. The lowest BCUT2D eigenvalue weighted by atomic mass is 9.81. The maximum Gasteiger partial charge on any atom is 0.573 e. The van der Waals surface area contributed by atoms with Gasteiger partial charge in [-0.25, -0.2) is 9.18 Å². The molecule has 1 aliphatic heterocycles. The summed E-state index contributed by atoms with van der Waals surface area (Å²) in [4.78, 5) is 29.7. The molecule has 2 aromatic carbocycles. The molecule has 0 spiro atoms. The summed E-state index contributed by atoms with van der Waals surface area (Å²) in [5.41, 5.74) is -0.970. The van der Waals surface area contributed by atoms with Gasteiger partial charge in [-0.2, -0.15) is 0 Å². The number of pyridine rings is 1. The number of nitrogens with one attached hydrogen (secondary N) is 1. The summed E-state index contributed by atoms with van der Waals surface area (Å²) in [6, 6.07) is 10.2. The van der Waals surface area contributed by atoms with E-state index in [1.165, 1.54) is 44.7 Å². The van der Waals surface area contributed by atoms with E-state index in [0.717, 1.165) is 12.1 Å². The Morgan fingerprint density at radius 3 is 2.54 bits per heavy atom. The Morgan fingerprint density at radius 1 is 1.08 bits per heavy atom. The van der Waals surface area contributed by atoms with Gasteiger partial charge in [0.25, 0.3) is 5.91 Å². The van der Waals surface area contributed by atoms with E-state index in [1.807, 2.05) is 0 Å². The number of carbonyl (C=O) groups excluding carboxylic acids is 2. The third-order valence-corrected chi connectivity index (χ3v) is 5.75. The lowest BCUT2D eigenvalue weighted by Crippen LogP contribution is -2.50. The molecule has 0 saturated heterocycles. The normalized spacial score (nSPS) is 16.7. The zero-order valence-electron chi connectivity index (χ0n) is 19.5. The molecular formula is C25H20F4N2O6. The van der Waals surface area contributed by atoms with E-state index < -0.39 is 35.3 Å². The second kappa shape index (κ2) is 9.96. The zero-order valence-corrected chi connectivity index (χ0v) is 19.5. The molecule has 3 aromatic rings. The Bertz CT molecular complexity index is 1350. The Labute approximate surface area is 208 Å². The highest BCUT2D eigenvalue weighted by molar-refractivity contribution is 5.99.